The largest absolute Gasteiger partial charge is 0.477 e. The Morgan fingerprint density at radius 1 is 1.33 bits per heavy atom. The summed E-state index contributed by atoms with van der Waals surface area (Å²) in [5.41, 5.74) is -1.24. The highest BCUT2D eigenvalue weighted by molar-refractivity contribution is 6.12. The summed E-state index contributed by atoms with van der Waals surface area (Å²) in [6.07, 6.45) is 0. The fourth-order valence-electron chi connectivity index (χ4n) is 0.427. The summed E-state index contributed by atoms with van der Waals surface area (Å²) in [5.74, 6) is -2.25. The molecule has 4 heteroatoms. The van der Waals surface area contributed by atoms with Gasteiger partial charge in [0.2, 0.25) is 0 Å². The van der Waals surface area contributed by atoms with Crippen molar-refractivity contribution in [3.8, 4) is 0 Å². The smallest absolute Gasteiger partial charge is 0.345 e. The Balaban J connectivity index is 4.25. The average molecular weight is 172 g/mol. The van der Waals surface area contributed by atoms with Gasteiger partial charge in [-0.15, -0.1) is 0 Å². The van der Waals surface area contributed by atoms with Crippen LogP contribution in [0.25, 0.3) is 0 Å². The van der Waals surface area contributed by atoms with Gasteiger partial charge >= 0.3 is 11.9 Å². The van der Waals surface area contributed by atoms with E-state index in [1.165, 1.54) is 0 Å². The Bertz CT molecular complexity index is 222. The van der Waals surface area contributed by atoms with Gasteiger partial charge in [-0.25, -0.2) is 9.59 Å². The Morgan fingerprint density at radius 3 is 2.00 bits per heavy atom. The molecular formula is C8H12O4. The van der Waals surface area contributed by atoms with Gasteiger partial charge in [0.15, 0.2) is 0 Å². The lowest BCUT2D eigenvalue weighted by atomic mass is 10.2. The van der Waals surface area contributed by atoms with Crippen LogP contribution in [0.15, 0.2) is 12.2 Å². The fraction of sp³-hybridized carbons (Fsp3) is 0.500. The number of ether oxygens (including phenoxy) is 1. The molecule has 0 aliphatic rings. The summed E-state index contributed by atoms with van der Waals surface area (Å²) in [7, 11) is 0. The van der Waals surface area contributed by atoms with Crippen LogP contribution in [-0.4, -0.2) is 22.6 Å². The van der Waals surface area contributed by atoms with Crippen molar-refractivity contribution in [3.63, 3.8) is 0 Å². The number of carboxylic acid groups (broad SMARTS) is 1. The summed E-state index contributed by atoms with van der Waals surface area (Å²) in [6, 6.07) is 0. The van der Waals surface area contributed by atoms with Gasteiger partial charge in [0, 0.05) is 0 Å². The van der Waals surface area contributed by atoms with Gasteiger partial charge in [0.05, 0.1) is 0 Å². The maximum atomic E-state index is 10.9. The minimum atomic E-state index is -1.36. The van der Waals surface area contributed by atoms with Crippen molar-refractivity contribution in [1.29, 1.82) is 0 Å². The van der Waals surface area contributed by atoms with Gasteiger partial charge in [-0.1, -0.05) is 6.58 Å². The molecule has 0 radical (unpaired) electrons. The van der Waals surface area contributed by atoms with Crippen molar-refractivity contribution < 1.29 is 19.4 Å². The van der Waals surface area contributed by atoms with E-state index >= 15 is 0 Å². The first kappa shape index (κ1) is 10.7. The zero-order chi connectivity index (χ0) is 9.94. The molecule has 68 valence electrons. The van der Waals surface area contributed by atoms with Crippen LogP contribution in [0.3, 0.4) is 0 Å². The topological polar surface area (TPSA) is 63.6 Å². The monoisotopic (exact) mass is 172 g/mol. The average Bonchev–Trinajstić information content (AvgIpc) is 1.82. The third kappa shape index (κ3) is 3.75. The third-order valence-corrected chi connectivity index (χ3v) is 0.903. The van der Waals surface area contributed by atoms with Crippen LogP contribution >= 0.6 is 0 Å². The molecule has 0 bridgehead atoms. The van der Waals surface area contributed by atoms with Gasteiger partial charge in [-0.05, 0) is 20.8 Å². The van der Waals surface area contributed by atoms with E-state index in [4.69, 9.17) is 9.84 Å². The van der Waals surface area contributed by atoms with Crippen molar-refractivity contribution >= 4 is 11.9 Å². The third-order valence-electron chi connectivity index (χ3n) is 0.903. The van der Waals surface area contributed by atoms with E-state index in [1.54, 1.807) is 20.8 Å². The van der Waals surface area contributed by atoms with Crippen molar-refractivity contribution in [1.82, 2.24) is 0 Å². The molecule has 0 unspecified atom stereocenters. The standard InChI is InChI=1S/C8H12O4/c1-5(6(9)10)7(11)12-8(2,3)4/h1H2,2-4H3,(H,9,10). The fourth-order valence-corrected chi connectivity index (χ4v) is 0.427. The Kier molecular flexibility index (Phi) is 3.01. The van der Waals surface area contributed by atoms with Crippen LogP contribution in [0.4, 0.5) is 0 Å². The quantitative estimate of drug-likeness (QED) is 0.292. The lowest BCUT2D eigenvalue weighted by Gasteiger charge is -2.19. The van der Waals surface area contributed by atoms with E-state index in [0.29, 0.717) is 0 Å². The van der Waals surface area contributed by atoms with Crippen molar-refractivity contribution in [2.24, 2.45) is 0 Å². The Morgan fingerprint density at radius 2 is 1.75 bits per heavy atom. The van der Waals surface area contributed by atoms with Crippen molar-refractivity contribution in [3.05, 3.63) is 12.2 Å². The van der Waals surface area contributed by atoms with Gasteiger partial charge < -0.3 is 9.84 Å². The van der Waals surface area contributed by atoms with Crippen LogP contribution in [0, 0.1) is 0 Å². The molecule has 0 fully saturated rings. The zero-order valence-corrected chi connectivity index (χ0v) is 7.38. The highest BCUT2D eigenvalue weighted by atomic mass is 16.6. The van der Waals surface area contributed by atoms with Crippen LogP contribution in [0.2, 0.25) is 0 Å². The Labute approximate surface area is 70.8 Å². The summed E-state index contributed by atoms with van der Waals surface area (Å²) in [6.45, 7) is 8.02. The maximum Gasteiger partial charge on any atom is 0.345 e. The number of hydrogen-bond acceptors (Lipinski definition) is 3. The number of carbonyl (C=O) groups is 2. The maximum absolute atomic E-state index is 10.9. The van der Waals surface area contributed by atoms with E-state index in [9.17, 15) is 9.59 Å². The zero-order valence-electron chi connectivity index (χ0n) is 7.38. The van der Waals surface area contributed by atoms with Gasteiger partial charge in [0.1, 0.15) is 11.2 Å². The molecule has 0 atom stereocenters. The molecule has 0 aromatic carbocycles. The highest BCUT2D eigenvalue weighted by Crippen LogP contribution is 2.09. The van der Waals surface area contributed by atoms with Gasteiger partial charge in [-0.3, -0.25) is 0 Å². The Hall–Kier alpha value is -1.32. The first-order valence-electron chi connectivity index (χ1n) is 3.39. The van der Waals surface area contributed by atoms with Crippen LogP contribution in [0.5, 0.6) is 0 Å². The second-order valence-electron chi connectivity index (χ2n) is 3.29. The number of carboxylic acids is 1. The molecule has 0 heterocycles. The van der Waals surface area contributed by atoms with Crippen LogP contribution in [-0.2, 0) is 14.3 Å². The predicted molar refractivity (Wildman–Crippen MR) is 42.6 cm³/mol. The lowest BCUT2D eigenvalue weighted by molar-refractivity contribution is -0.152. The summed E-state index contributed by atoms with van der Waals surface area (Å²) in [5, 5.41) is 8.35. The second kappa shape index (κ2) is 3.38. The summed E-state index contributed by atoms with van der Waals surface area (Å²) >= 11 is 0. The molecule has 0 saturated carbocycles. The number of aliphatic carboxylic acids is 1. The second-order valence-corrected chi connectivity index (χ2v) is 3.29. The first-order valence-corrected chi connectivity index (χ1v) is 3.39. The number of esters is 1. The molecule has 0 aromatic rings. The molecule has 0 aliphatic carbocycles. The number of rotatable bonds is 2. The minimum Gasteiger partial charge on any atom is -0.477 e. The van der Waals surface area contributed by atoms with E-state index in [0.717, 1.165) is 0 Å². The van der Waals surface area contributed by atoms with E-state index in [2.05, 4.69) is 6.58 Å². The highest BCUT2D eigenvalue weighted by Gasteiger charge is 2.22. The normalized spacial score (nSPS) is 10.6. The van der Waals surface area contributed by atoms with Crippen molar-refractivity contribution in [2.75, 3.05) is 0 Å². The van der Waals surface area contributed by atoms with E-state index < -0.39 is 23.1 Å². The molecule has 0 spiro atoms. The molecule has 0 saturated heterocycles. The molecular weight excluding hydrogens is 160 g/mol. The molecule has 0 rings (SSSR count). The molecule has 0 amide bonds. The van der Waals surface area contributed by atoms with Crippen LogP contribution in [0.1, 0.15) is 20.8 Å². The summed E-state index contributed by atoms with van der Waals surface area (Å²) in [4.78, 5) is 21.1. The molecule has 12 heavy (non-hydrogen) atoms. The van der Waals surface area contributed by atoms with Gasteiger partial charge in [-0.2, -0.15) is 0 Å². The van der Waals surface area contributed by atoms with Gasteiger partial charge in [0.25, 0.3) is 0 Å². The van der Waals surface area contributed by atoms with Crippen molar-refractivity contribution in [2.45, 2.75) is 26.4 Å². The SMILES string of the molecule is C=C(C(=O)O)C(=O)OC(C)(C)C. The molecule has 0 aliphatic heterocycles. The van der Waals surface area contributed by atoms with Crippen LogP contribution < -0.4 is 0 Å². The van der Waals surface area contributed by atoms with E-state index in [-0.39, 0.29) is 0 Å². The first-order chi connectivity index (χ1) is 5.24. The predicted octanol–water partition coefficient (Wildman–Crippen LogP) is 0.969. The molecule has 4 nitrogen and oxygen atoms in total. The minimum absolute atomic E-state index is 0.551. The molecule has 0 aromatic heterocycles. The number of carbonyl (C=O) groups excluding carboxylic acids is 1. The summed E-state index contributed by atoms with van der Waals surface area (Å²) < 4.78 is 4.74. The van der Waals surface area contributed by atoms with E-state index in [1.807, 2.05) is 0 Å². The molecule has 1 N–H and O–H groups in total. The lowest BCUT2D eigenvalue weighted by Crippen LogP contribution is -2.26. The number of hydrogen-bond donors (Lipinski definition) is 1.